The first-order valence-corrected chi connectivity index (χ1v) is 6.41. The molecule has 1 aliphatic rings. The highest BCUT2D eigenvalue weighted by Gasteiger charge is 2.29. The van der Waals surface area contributed by atoms with Crippen LogP contribution in [0.2, 0.25) is 0 Å². The van der Waals surface area contributed by atoms with Crippen molar-refractivity contribution < 1.29 is 4.79 Å². The number of amides is 1. The number of rotatable bonds is 6. The number of carbonyl (C=O) groups is 1. The minimum Gasteiger partial charge on any atom is -0.393 e. The van der Waals surface area contributed by atoms with Gasteiger partial charge in [-0.2, -0.15) is 0 Å². The second-order valence-corrected chi connectivity index (χ2v) is 5.66. The number of hydrogen-bond acceptors (Lipinski definition) is 2. The molecule has 3 N–H and O–H groups in total. The van der Waals surface area contributed by atoms with Crippen LogP contribution in [0, 0.1) is 23.7 Å². The molecular formula is C12H22N2OS. The van der Waals surface area contributed by atoms with Crippen molar-refractivity contribution in [1.29, 1.82) is 0 Å². The Morgan fingerprint density at radius 2 is 2.00 bits per heavy atom. The van der Waals surface area contributed by atoms with E-state index in [0.29, 0.717) is 10.9 Å². The van der Waals surface area contributed by atoms with E-state index in [1.807, 2.05) is 13.8 Å². The maximum absolute atomic E-state index is 11.9. The van der Waals surface area contributed by atoms with E-state index >= 15 is 0 Å². The Morgan fingerprint density at radius 3 is 2.38 bits per heavy atom. The van der Waals surface area contributed by atoms with Crippen molar-refractivity contribution in [2.24, 2.45) is 29.4 Å². The monoisotopic (exact) mass is 242 g/mol. The summed E-state index contributed by atoms with van der Waals surface area (Å²) in [5.41, 5.74) is 5.59. The van der Waals surface area contributed by atoms with Gasteiger partial charge in [0.2, 0.25) is 5.91 Å². The third-order valence-electron chi connectivity index (χ3n) is 3.28. The molecule has 92 valence electrons. The lowest BCUT2D eigenvalue weighted by Gasteiger charge is -2.20. The zero-order valence-corrected chi connectivity index (χ0v) is 11.1. The molecular weight excluding hydrogens is 220 g/mol. The van der Waals surface area contributed by atoms with E-state index in [4.69, 9.17) is 18.0 Å². The molecule has 0 aromatic carbocycles. The Balaban J connectivity index is 2.39. The predicted molar refractivity (Wildman–Crippen MR) is 70.0 cm³/mol. The van der Waals surface area contributed by atoms with Gasteiger partial charge in [0.1, 0.15) is 0 Å². The van der Waals surface area contributed by atoms with Crippen LogP contribution in [-0.4, -0.2) is 17.4 Å². The standard InChI is InChI=1S/C12H22N2OS/c1-7(2)10(11(13)16)12(15)14-6-8(3)9-4-5-9/h7-10H,4-6H2,1-3H3,(H2,13,16)(H,14,15). The van der Waals surface area contributed by atoms with Crippen LogP contribution in [0.3, 0.4) is 0 Å². The van der Waals surface area contributed by atoms with Crippen molar-refractivity contribution in [2.45, 2.75) is 33.6 Å². The second kappa shape index (κ2) is 5.62. The smallest absolute Gasteiger partial charge is 0.230 e. The summed E-state index contributed by atoms with van der Waals surface area (Å²) in [5, 5.41) is 2.96. The fourth-order valence-electron chi connectivity index (χ4n) is 1.96. The van der Waals surface area contributed by atoms with E-state index in [9.17, 15) is 4.79 Å². The average Bonchev–Trinajstić information content (AvgIpc) is 2.95. The van der Waals surface area contributed by atoms with Crippen molar-refractivity contribution in [3.63, 3.8) is 0 Å². The summed E-state index contributed by atoms with van der Waals surface area (Å²) in [5.74, 6) is 1.19. The Morgan fingerprint density at radius 1 is 1.44 bits per heavy atom. The fraction of sp³-hybridized carbons (Fsp3) is 0.833. The van der Waals surface area contributed by atoms with E-state index in [2.05, 4.69) is 12.2 Å². The minimum atomic E-state index is -0.332. The van der Waals surface area contributed by atoms with E-state index in [1.54, 1.807) is 0 Å². The van der Waals surface area contributed by atoms with Crippen LogP contribution in [0.4, 0.5) is 0 Å². The number of carbonyl (C=O) groups excluding carboxylic acids is 1. The van der Waals surface area contributed by atoms with Crippen LogP contribution in [0.1, 0.15) is 33.6 Å². The van der Waals surface area contributed by atoms with Gasteiger partial charge in [0.15, 0.2) is 0 Å². The molecule has 1 rings (SSSR count). The molecule has 0 aliphatic heterocycles. The fourth-order valence-corrected chi connectivity index (χ4v) is 2.34. The van der Waals surface area contributed by atoms with Crippen LogP contribution in [-0.2, 0) is 4.79 Å². The van der Waals surface area contributed by atoms with E-state index < -0.39 is 0 Å². The van der Waals surface area contributed by atoms with Crippen molar-refractivity contribution >= 4 is 23.1 Å². The highest BCUT2D eigenvalue weighted by Crippen LogP contribution is 2.36. The highest BCUT2D eigenvalue weighted by molar-refractivity contribution is 7.80. The Bertz CT molecular complexity index is 274. The summed E-state index contributed by atoms with van der Waals surface area (Å²) in [6, 6.07) is 0. The average molecular weight is 242 g/mol. The third kappa shape index (κ3) is 3.74. The second-order valence-electron chi connectivity index (χ2n) is 5.18. The van der Waals surface area contributed by atoms with Gasteiger partial charge in [-0.05, 0) is 30.6 Å². The lowest BCUT2D eigenvalue weighted by Crippen LogP contribution is -2.42. The number of nitrogens with two attached hydrogens (primary N) is 1. The van der Waals surface area contributed by atoms with Crippen LogP contribution in [0.5, 0.6) is 0 Å². The Kier molecular flexibility index (Phi) is 4.71. The molecule has 0 saturated heterocycles. The topological polar surface area (TPSA) is 55.1 Å². The molecule has 4 heteroatoms. The van der Waals surface area contributed by atoms with Crippen LogP contribution < -0.4 is 11.1 Å². The highest BCUT2D eigenvalue weighted by atomic mass is 32.1. The Labute approximate surface area is 103 Å². The molecule has 2 unspecified atom stereocenters. The quantitative estimate of drug-likeness (QED) is 0.697. The summed E-state index contributed by atoms with van der Waals surface area (Å²) < 4.78 is 0. The molecule has 0 aromatic rings. The van der Waals surface area contributed by atoms with Gasteiger partial charge in [0.05, 0.1) is 10.9 Å². The third-order valence-corrected chi connectivity index (χ3v) is 3.53. The van der Waals surface area contributed by atoms with E-state index in [1.165, 1.54) is 12.8 Å². The van der Waals surface area contributed by atoms with Crippen LogP contribution in [0.25, 0.3) is 0 Å². The van der Waals surface area contributed by atoms with Crippen molar-refractivity contribution in [3.8, 4) is 0 Å². The number of nitrogens with one attached hydrogen (secondary N) is 1. The molecule has 1 aliphatic carbocycles. The van der Waals surface area contributed by atoms with Gasteiger partial charge in [0, 0.05) is 6.54 Å². The molecule has 0 spiro atoms. The number of hydrogen-bond donors (Lipinski definition) is 2. The lowest BCUT2D eigenvalue weighted by molar-refractivity contribution is -0.124. The van der Waals surface area contributed by atoms with Gasteiger partial charge >= 0.3 is 0 Å². The van der Waals surface area contributed by atoms with Crippen molar-refractivity contribution in [2.75, 3.05) is 6.54 Å². The summed E-state index contributed by atoms with van der Waals surface area (Å²) in [6.45, 7) is 6.86. The van der Waals surface area contributed by atoms with Gasteiger partial charge < -0.3 is 11.1 Å². The van der Waals surface area contributed by atoms with Crippen molar-refractivity contribution in [1.82, 2.24) is 5.32 Å². The van der Waals surface area contributed by atoms with Gasteiger partial charge in [-0.25, -0.2) is 0 Å². The molecule has 0 aromatic heterocycles. The summed E-state index contributed by atoms with van der Waals surface area (Å²) in [7, 11) is 0. The normalized spacial score (nSPS) is 19.2. The molecule has 1 saturated carbocycles. The number of thiocarbonyl (C=S) groups is 1. The lowest BCUT2D eigenvalue weighted by atomic mass is 9.94. The first-order valence-electron chi connectivity index (χ1n) is 6.00. The predicted octanol–water partition coefficient (Wildman–Crippen LogP) is 1.71. The van der Waals surface area contributed by atoms with E-state index in [0.717, 1.165) is 12.5 Å². The van der Waals surface area contributed by atoms with Gasteiger partial charge in [-0.15, -0.1) is 0 Å². The largest absolute Gasteiger partial charge is 0.393 e. The SMILES string of the molecule is CC(C)C(C(=O)NCC(C)C1CC1)C(N)=S. The maximum atomic E-state index is 11.9. The zero-order chi connectivity index (χ0) is 12.3. The summed E-state index contributed by atoms with van der Waals surface area (Å²) in [4.78, 5) is 12.2. The summed E-state index contributed by atoms with van der Waals surface area (Å²) >= 11 is 4.93. The van der Waals surface area contributed by atoms with Crippen LogP contribution >= 0.6 is 12.2 Å². The molecule has 0 radical (unpaired) electrons. The Hall–Kier alpha value is -0.640. The first-order chi connectivity index (χ1) is 7.43. The summed E-state index contributed by atoms with van der Waals surface area (Å²) in [6.07, 6.45) is 2.61. The molecule has 2 atom stereocenters. The van der Waals surface area contributed by atoms with Gasteiger partial charge in [0.25, 0.3) is 0 Å². The van der Waals surface area contributed by atoms with Gasteiger partial charge in [-0.3, -0.25) is 4.79 Å². The van der Waals surface area contributed by atoms with Gasteiger partial charge in [-0.1, -0.05) is 33.0 Å². The molecule has 16 heavy (non-hydrogen) atoms. The molecule has 0 heterocycles. The molecule has 3 nitrogen and oxygen atoms in total. The maximum Gasteiger partial charge on any atom is 0.230 e. The minimum absolute atomic E-state index is 0.0185. The molecule has 0 bridgehead atoms. The van der Waals surface area contributed by atoms with Crippen LogP contribution in [0.15, 0.2) is 0 Å². The van der Waals surface area contributed by atoms with E-state index in [-0.39, 0.29) is 17.7 Å². The molecule has 1 fully saturated rings. The van der Waals surface area contributed by atoms with Crippen molar-refractivity contribution in [3.05, 3.63) is 0 Å². The molecule has 1 amide bonds. The first kappa shape index (κ1) is 13.4. The zero-order valence-electron chi connectivity index (χ0n) is 10.3.